The largest absolute Gasteiger partial charge is 0.487 e. The number of thiazole rings is 1. The van der Waals surface area contributed by atoms with Crippen LogP contribution >= 0.6 is 23.1 Å². The summed E-state index contributed by atoms with van der Waals surface area (Å²) in [4.78, 5) is 16.5. The van der Waals surface area contributed by atoms with Crippen molar-refractivity contribution in [3.8, 4) is 5.75 Å². The summed E-state index contributed by atoms with van der Waals surface area (Å²) in [5, 5.41) is 5.90. The SMILES string of the molecule is CSCc1ccc(NC(=O)/C=C/c2cccc(OCc3csc(C)n3)c2)cc1. The van der Waals surface area contributed by atoms with Crippen LogP contribution in [0.3, 0.4) is 0 Å². The molecule has 0 saturated heterocycles. The van der Waals surface area contributed by atoms with Gasteiger partial charge in [0.05, 0.1) is 10.7 Å². The number of nitrogens with one attached hydrogen (secondary N) is 1. The number of benzene rings is 2. The van der Waals surface area contributed by atoms with Crippen molar-refractivity contribution in [1.82, 2.24) is 4.98 Å². The monoisotopic (exact) mass is 410 g/mol. The van der Waals surface area contributed by atoms with E-state index in [4.69, 9.17) is 4.74 Å². The maximum Gasteiger partial charge on any atom is 0.248 e. The Morgan fingerprint density at radius 3 is 2.79 bits per heavy atom. The molecule has 0 aliphatic heterocycles. The van der Waals surface area contributed by atoms with Gasteiger partial charge in [-0.15, -0.1) is 11.3 Å². The molecule has 1 N–H and O–H groups in total. The Kier molecular flexibility index (Phi) is 7.28. The fourth-order valence-electron chi connectivity index (χ4n) is 2.55. The standard InChI is InChI=1S/C22H22N2O2S2/c1-16-23-20(15-28-16)13-26-21-5-3-4-17(12-21)8-11-22(25)24-19-9-6-18(7-10-19)14-27-2/h3-12,15H,13-14H2,1-2H3,(H,24,25)/b11-8+. The van der Waals surface area contributed by atoms with Gasteiger partial charge in [-0.05, 0) is 54.6 Å². The Hall–Kier alpha value is -2.57. The summed E-state index contributed by atoms with van der Waals surface area (Å²) in [5.74, 6) is 1.55. The quantitative estimate of drug-likeness (QED) is 0.495. The van der Waals surface area contributed by atoms with Crippen LogP contribution in [0.15, 0.2) is 60.0 Å². The summed E-state index contributed by atoms with van der Waals surface area (Å²) in [6.07, 6.45) is 5.37. The highest BCUT2D eigenvalue weighted by Gasteiger charge is 2.02. The molecule has 1 aromatic heterocycles. The lowest BCUT2D eigenvalue weighted by Gasteiger charge is -2.05. The molecule has 0 atom stereocenters. The minimum absolute atomic E-state index is 0.165. The number of hydrogen-bond donors (Lipinski definition) is 1. The molecule has 1 amide bonds. The zero-order valence-electron chi connectivity index (χ0n) is 15.8. The Bertz CT molecular complexity index is 949. The summed E-state index contributed by atoms with van der Waals surface area (Å²) >= 11 is 3.38. The first-order valence-corrected chi connectivity index (χ1v) is 11.1. The van der Waals surface area contributed by atoms with Crippen LogP contribution in [-0.2, 0) is 17.2 Å². The van der Waals surface area contributed by atoms with Crippen molar-refractivity contribution >= 4 is 40.8 Å². The average Bonchev–Trinajstić information content (AvgIpc) is 3.12. The van der Waals surface area contributed by atoms with Gasteiger partial charge in [-0.2, -0.15) is 11.8 Å². The highest BCUT2D eigenvalue weighted by atomic mass is 32.2. The van der Waals surface area contributed by atoms with E-state index < -0.39 is 0 Å². The zero-order valence-corrected chi connectivity index (χ0v) is 17.5. The molecule has 144 valence electrons. The number of ether oxygens (including phenoxy) is 1. The maximum atomic E-state index is 12.2. The van der Waals surface area contributed by atoms with E-state index in [9.17, 15) is 4.79 Å². The van der Waals surface area contributed by atoms with Gasteiger partial charge in [0.1, 0.15) is 12.4 Å². The molecular weight excluding hydrogens is 388 g/mol. The van der Waals surface area contributed by atoms with Crippen molar-refractivity contribution in [3.05, 3.63) is 81.8 Å². The lowest BCUT2D eigenvalue weighted by Crippen LogP contribution is -2.07. The molecule has 28 heavy (non-hydrogen) atoms. The maximum absolute atomic E-state index is 12.2. The third-order valence-corrected chi connectivity index (χ3v) is 5.32. The second kappa shape index (κ2) is 10.1. The van der Waals surface area contributed by atoms with Gasteiger partial charge in [-0.3, -0.25) is 4.79 Å². The van der Waals surface area contributed by atoms with Gasteiger partial charge in [0.15, 0.2) is 0 Å². The van der Waals surface area contributed by atoms with Gasteiger partial charge >= 0.3 is 0 Å². The number of rotatable bonds is 8. The summed E-state index contributed by atoms with van der Waals surface area (Å²) in [5.41, 5.74) is 3.85. The summed E-state index contributed by atoms with van der Waals surface area (Å²) in [6, 6.07) is 15.5. The van der Waals surface area contributed by atoms with E-state index in [-0.39, 0.29) is 5.91 Å². The molecule has 0 fully saturated rings. The summed E-state index contributed by atoms with van der Waals surface area (Å²) in [7, 11) is 0. The minimum Gasteiger partial charge on any atom is -0.487 e. The minimum atomic E-state index is -0.165. The predicted molar refractivity (Wildman–Crippen MR) is 119 cm³/mol. The molecule has 4 nitrogen and oxygen atoms in total. The number of anilines is 1. The molecule has 6 heteroatoms. The molecule has 0 bridgehead atoms. The number of carbonyl (C=O) groups excluding carboxylic acids is 1. The second-order valence-corrected chi connectivity index (χ2v) is 8.10. The zero-order chi connectivity index (χ0) is 19.8. The molecule has 0 aliphatic rings. The van der Waals surface area contributed by atoms with Crippen LogP contribution in [-0.4, -0.2) is 17.1 Å². The predicted octanol–water partition coefficient (Wildman–Crippen LogP) is 5.55. The Balaban J connectivity index is 1.54. The molecule has 0 radical (unpaired) electrons. The number of hydrogen-bond acceptors (Lipinski definition) is 5. The number of aryl methyl sites for hydroxylation is 1. The molecule has 0 unspecified atom stereocenters. The van der Waals surface area contributed by atoms with Crippen molar-refractivity contribution in [2.45, 2.75) is 19.3 Å². The first-order chi connectivity index (χ1) is 13.6. The van der Waals surface area contributed by atoms with E-state index in [0.29, 0.717) is 6.61 Å². The van der Waals surface area contributed by atoms with E-state index in [1.165, 1.54) is 11.6 Å². The van der Waals surface area contributed by atoms with E-state index in [2.05, 4.69) is 16.6 Å². The summed E-state index contributed by atoms with van der Waals surface area (Å²) in [6.45, 7) is 2.41. The Morgan fingerprint density at radius 2 is 2.07 bits per heavy atom. The number of amides is 1. The van der Waals surface area contributed by atoms with Gasteiger partial charge in [0.25, 0.3) is 0 Å². The highest BCUT2D eigenvalue weighted by Crippen LogP contribution is 2.18. The van der Waals surface area contributed by atoms with E-state index in [1.54, 1.807) is 29.2 Å². The van der Waals surface area contributed by atoms with Crippen LogP contribution in [0.2, 0.25) is 0 Å². The number of nitrogens with zero attached hydrogens (tertiary/aromatic N) is 1. The first-order valence-electron chi connectivity index (χ1n) is 8.83. The molecule has 0 aliphatic carbocycles. The summed E-state index contributed by atoms with van der Waals surface area (Å²) < 4.78 is 5.79. The lowest BCUT2D eigenvalue weighted by molar-refractivity contribution is -0.111. The normalized spacial score (nSPS) is 10.9. The van der Waals surface area contributed by atoms with Gasteiger partial charge in [-0.25, -0.2) is 4.98 Å². The van der Waals surface area contributed by atoms with Crippen LogP contribution in [0.5, 0.6) is 5.75 Å². The Labute approximate surface area is 173 Å². The van der Waals surface area contributed by atoms with Crippen LogP contribution in [0.4, 0.5) is 5.69 Å². The Morgan fingerprint density at radius 1 is 1.25 bits per heavy atom. The molecule has 2 aromatic carbocycles. The molecule has 3 aromatic rings. The first kappa shape index (κ1) is 20.2. The van der Waals surface area contributed by atoms with Gasteiger partial charge in [0.2, 0.25) is 5.91 Å². The van der Waals surface area contributed by atoms with Crippen LogP contribution in [0.25, 0.3) is 6.08 Å². The molecule has 0 spiro atoms. The van der Waals surface area contributed by atoms with Crippen molar-refractivity contribution in [2.24, 2.45) is 0 Å². The number of carbonyl (C=O) groups is 1. The van der Waals surface area contributed by atoms with E-state index in [1.807, 2.05) is 60.8 Å². The average molecular weight is 411 g/mol. The van der Waals surface area contributed by atoms with Crippen molar-refractivity contribution < 1.29 is 9.53 Å². The highest BCUT2D eigenvalue weighted by molar-refractivity contribution is 7.97. The van der Waals surface area contributed by atoms with Gasteiger partial charge < -0.3 is 10.1 Å². The van der Waals surface area contributed by atoms with Crippen LogP contribution < -0.4 is 10.1 Å². The molecule has 3 rings (SSSR count). The topological polar surface area (TPSA) is 51.2 Å². The van der Waals surface area contributed by atoms with Crippen molar-refractivity contribution in [3.63, 3.8) is 0 Å². The molecular formula is C22H22N2O2S2. The third-order valence-electron chi connectivity index (χ3n) is 3.87. The number of thioether (sulfide) groups is 1. The second-order valence-electron chi connectivity index (χ2n) is 6.17. The van der Waals surface area contributed by atoms with Crippen molar-refractivity contribution in [1.29, 1.82) is 0 Å². The van der Waals surface area contributed by atoms with Crippen LogP contribution in [0, 0.1) is 6.92 Å². The fraction of sp³-hybridized carbons (Fsp3) is 0.182. The number of aromatic nitrogens is 1. The van der Waals surface area contributed by atoms with Gasteiger partial charge in [0, 0.05) is 22.9 Å². The lowest BCUT2D eigenvalue weighted by atomic mass is 10.2. The smallest absolute Gasteiger partial charge is 0.248 e. The third kappa shape index (κ3) is 6.25. The molecule has 0 saturated carbocycles. The van der Waals surface area contributed by atoms with E-state index >= 15 is 0 Å². The van der Waals surface area contributed by atoms with Crippen molar-refractivity contribution in [2.75, 3.05) is 11.6 Å². The fourth-order valence-corrected chi connectivity index (χ4v) is 3.67. The van der Waals surface area contributed by atoms with Gasteiger partial charge in [-0.1, -0.05) is 24.3 Å². The molecule has 1 heterocycles. The van der Waals surface area contributed by atoms with Crippen LogP contribution in [0.1, 0.15) is 21.8 Å². The van der Waals surface area contributed by atoms with E-state index in [0.717, 1.165) is 33.5 Å².